The van der Waals surface area contributed by atoms with Crippen LogP contribution in [-0.4, -0.2) is 48.1 Å². The van der Waals surface area contributed by atoms with Gasteiger partial charge in [-0.1, -0.05) is 0 Å². The lowest BCUT2D eigenvalue weighted by atomic mass is 10.0. The number of anilines is 2. The lowest BCUT2D eigenvalue weighted by molar-refractivity contribution is 0.0981. The molecule has 3 aromatic heterocycles. The minimum atomic E-state index is -0.658. The summed E-state index contributed by atoms with van der Waals surface area (Å²) >= 11 is 0. The second-order valence-corrected chi connectivity index (χ2v) is 8.02. The zero-order valence-corrected chi connectivity index (χ0v) is 17.3. The van der Waals surface area contributed by atoms with Crippen LogP contribution < -0.4 is 10.6 Å². The molecule has 0 unspecified atom stereocenters. The number of fused-ring (bicyclic) bond motifs is 1. The first-order chi connectivity index (χ1) is 14.4. The monoisotopic (exact) mass is 413 g/mol. The van der Waals surface area contributed by atoms with Crippen LogP contribution in [0.4, 0.5) is 16.4 Å². The highest BCUT2D eigenvalue weighted by molar-refractivity contribution is 5.72. The van der Waals surface area contributed by atoms with Gasteiger partial charge in [-0.3, -0.25) is 5.10 Å². The summed E-state index contributed by atoms with van der Waals surface area (Å²) in [6, 6.07) is 3.81. The van der Waals surface area contributed by atoms with E-state index in [9.17, 15) is 9.90 Å². The van der Waals surface area contributed by atoms with E-state index in [4.69, 9.17) is 4.74 Å². The van der Waals surface area contributed by atoms with Crippen LogP contribution in [0.2, 0.25) is 0 Å². The van der Waals surface area contributed by atoms with Gasteiger partial charge in [-0.2, -0.15) is 10.2 Å². The highest BCUT2D eigenvalue weighted by Gasteiger charge is 2.30. The Morgan fingerprint density at radius 1 is 1.33 bits per heavy atom. The molecule has 1 aliphatic carbocycles. The Morgan fingerprint density at radius 3 is 2.93 bits per heavy atom. The summed E-state index contributed by atoms with van der Waals surface area (Å²) in [4.78, 5) is 16.2. The van der Waals surface area contributed by atoms with Crippen molar-refractivity contribution in [2.24, 2.45) is 0 Å². The molecule has 10 nitrogen and oxygen atoms in total. The third-order valence-corrected chi connectivity index (χ3v) is 5.19. The summed E-state index contributed by atoms with van der Waals surface area (Å²) in [5, 5.41) is 27.5. The predicted molar refractivity (Wildman–Crippen MR) is 111 cm³/mol. The average Bonchev–Trinajstić information content (AvgIpc) is 3.39. The average molecular weight is 413 g/mol. The number of rotatable bonds is 6. The Hall–Kier alpha value is -3.14. The number of H-pyrrole nitrogens is 1. The summed E-state index contributed by atoms with van der Waals surface area (Å²) in [5.41, 5.74) is 2.33. The molecule has 30 heavy (non-hydrogen) atoms. The maximum Gasteiger partial charge on any atom is 0.407 e. The van der Waals surface area contributed by atoms with Gasteiger partial charge in [-0.05, 0) is 46.1 Å². The lowest BCUT2D eigenvalue weighted by Gasteiger charge is -2.14. The van der Waals surface area contributed by atoms with Gasteiger partial charge < -0.3 is 20.5 Å². The van der Waals surface area contributed by atoms with Crippen molar-refractivity contribution in [1.82, 2.24) is 30.1 Å². The highest BCUT2D eigenvalue weighted by atomic mass is 16.6. The van der Waals surface area contributed by atoms with Gasteiger partial charge in [0.1, 0.15) is 11.6 Å². The molecule has 1 saturated carbocycles. The van der Waals surface area contributed by atoms with Crippen molar-refractivity contribution >= 4 is 23.2 Å². The maximum absolute atomic E-state index is 11.8. The van der Waals surface area contributed by atoms with Crippen LogP contribution in [0.15, 0.2) is 24.5 Å². The van der Waals surface area contributed by atoms with Crippen molar-refractivity contribution in [2.75, 3.05) is 5.32 Å². The molecule has 0 aromatic carbocycles. The fraction of sp³-hybridized carbons (Fsp3) is 0.500. The van der Waals surface area contributed by atoms with E-state index >= 15 is 0 Å². The summed E-state index contributed by atoms with van der Waals surface area (Å²) in [6.07, 6.45) is 4.79. The molecule has 0 bridgehead atoms. The standard InChI is InChI=1S/C20H27N7O3/c1-11(2)22-20(29)30-14-5-4-13(8-14)16-10-18(25-24-16)23-19-17-9-15(12(3)28)26-27(17)7-6-21-19/h6-7,9-14,28H,4-5,8H2,1-3H3,(H,22,29)(H2,21,23,24,25)/t12-,13+,14-/m1/s1. The molecular weight excluding hydrogens is 386 g/mol. The number of alkyl carbamates (subject to hydrolysis) is 1. The van der Waals surface area contributed by atoms with Crippen molar-refractivity contribution in [2.45, 2.75) is 64.2 Å². The smallest absolute Gasteiger partial charge is 0.407 e. The Kier molecular flexibility index (Phi) is 5.58. The predicted octanol–water partition coefficient (Wildman–Crippen LogP) is 3.02. The summed E-state index contributed by atoms with van der Waals surface area (Å²) in [5.74, 6) is 1.51. The molecule has 4 N–H and O–H groups in total. The van der Waals surface area contributed by atoms with E-state index < -0.39 is 6.10 Å². The minimum absolute atomic E-state index is 0.0569. The number of nitrogens with zero attached hydrogens (tertiary/aromatic N) is 4. The molecular formula is C20H27N7O3. The van der Waals surface area contributed by atoms with Gasteiger partial charge in [-0.15, -0.1) is 0 Å². The van der Waals surface area contributed by atoms with Gasteiger partial charge in [-0.25, -0.2) is 14.3 Å². The van der Waals surface area contributed by atoms with Crippen LogP contribution in [-0.2, 0) is 4.74 Å². The number of aliphatic hydroxyl groups is 1. The fourth-order valence-corrected chi connectivity index (χ4v) is 3.72. The second-order valence-electron chi connectivity index (χ2n) is 8.02. The Labute approximate surface area is 174 Å². The van der Waals surface area contributed by atoms with Crippen molar-refractivity contribution in [3.63, 3.8) is 0 Å². The third kappa shape index (κ3) is 4.38. The topological polar surface area (TPSA) is 129 Å². The SMILES string of the molecule is CC(C)NC(=O)O[C@@H]1CC[C@H](c2cc(Nc3nccn4nc([C@@H](C)O)cc34)n[nH]2)C1. The van der Waals surface area contributed by atoms with E-state index in [1.165, 1.54) is 0 Å². The summed E-state index contributed by atoms with van der Waals surface area (Å²) in [6.45, 7) is 5.48. The van der Waals surface area contributed by atoms with Gasteiger partial charge in [0.15, 0.2) is 11.6 Å². The number of aromatic nitrogens is 5. The maximum atomic E-state index is 11.8. The molecule has 0 saturated heterocycles. The van der Waals surface area contributed by atoms with Crippen LogP contribution in [0.5, 0.6) is 0 Å². The second kappa shape index (κ2) is 8.31. The molecule has 3 aromatic rings. The molecule has 1 amide bonds. The number of carbonyl (C=O) groups is 1. The number of hydrogen-bond donors (Lipinski definition) is 4. The molecule has 1 fully saturated rings. The van der Waals surface area contributed by atoms with Crippen LogP contribution in [0, 0.1) is 0 Å². The largest absolute Gasteiger partial charge is 0.446 e. The fourth-order valence-electron chi connectivity index (χ4n) is 3.72. The molecule has 160 valence electrons. The molecule has 0 spiro atoms. The van der Waals surface area contributed by atoms with E-state index in [-0.39, 0.29) is 24.2 Å². The molecule has 10 heteroatoms. The van der Waals surface area contributed by atoms with E-state index in [0.29, 0.717) is 17.3 Å². The van der Waals surface area contributed by atoms with Crippen molar-refractivity contribution in [3.05, 3.63) is 35.9 Å². The van der Waals surface area contributed by atoms with Gasteiger partial charge in [0.2, 0.25) is 0 Å². The summed E-state index contributed by atoms with van der Waals surface area (Å²) < 4.78 is 7.18. The normalized spacial score (nSPS) is 19.9. The first kappa shape index (κ1) is 20.1. The summed E-state index contributed by atoms with van der Waals surface area (Å²) in [7, 11) is 0. The first-order valence-electron chi connectivity index (χ1n) is 10.2. The van der Waals surface area contributed by atoms with Crippen molar-refractivity contribution < 1.29 is 14.6 Å². The zero-order valence-electron chi connectivity index (χ0n) is 17.3. The Balaban J connectivity index is 1.42. The number of nitrogens with one attached hydrogen (secondary N) is 3. The molecule has 4 rings (SSSR count). The van der Waals surface area contributed by atoms with Crippen molar-refractivity contribution in [3.8, 4) is 0 Å². The van der Waals surface area contributed by atoms with Crippen LogP contribution in [0.25, 0.3) is 5.52 Å². The van der Waals surface area contributed by atoms with E-state index in [1.54, 1.807) is 29.9 Å². The van der Waals surface area contributed by atoms with Gasteiger partial charge >= 0.3 is 6.09 Å². The van der Waals surface area contributed by atoms with Gasteiger partial charge in [0.25, 0.3) is 0 Å². The number of amides is 1. The van der Waals surface area contributed by atoms with Crippen molar-refractivity contribution in [1.29, 1.82) is 0 Å². The molecule has 1 aliphatic rings. The van der Waals surface area contributed by atoms with Gasteiger partial charge in [0.05, 0.1) is 11.8 Å². The molecule has 3 atom stereocenters. The molecule has 0 radical (unpaired) electrons. The number of ether oxygens (including phenoxy) is 1. The first-order valence-corrected chi connectivity index (χ1v) is 10.2. The third-order valence-electron chi connectivity index (χ3n) is 5.19. The number of carbonyl (C=O) groups excluding carboxylic acids is 1. The number of hydrogen-bond acceptors (Lipinski definition) is 7. The van der Waals surface area contributed by atoms with E-state index in [1.807, 2.05) is 19.9 Å². The molecule has 3 heterocycles. The van der Waals surface area contributed by atoms with E-state index in [0.717, 1.165) is 30.5 Å². The Bertz CT molecular complexity index is 1030. The lowest BCUT2D eigenvalue weighted by Crippen LogP contribution is -2.33. The van der Waals surface area contributed by atoms with Crippen LogP contribution in [0.3, 0.4) is 0 Å². The van der Waals surface area contributed by atoms with Crippen LogP contribution >= 0.6 is 0 Å². The van der Waals surface area contributed by atoms with Crippen LogP contribution in [0.1, 0.15) is 63.4 Å². The minimum Gasteiger partial charge on any atom is -0.446 e. The van der Waals surface area contributed by atoms with E-state index in [2.05, 4.69) is 30.9 Å². The zero-order chi connectivity index (χ0) is 21.3. The highest BCUT2D eigenvalue weighted by Crippen LogP contribution is 2.36. The Morgan fingerprint density at radius 2 is 2.17 bits per heavy atom. The number of aliphatic hydroxyl groups excluding tert-OH is 1. The van der Waals surface area contributed by atoms with Gasteiger partial charge in [0, 0.05) is 36.1 Å². The molecule has 0 aliphatic heterocycles. The quantitative estimate of drug-likeness (QED) is 0.489. The number of aromatic amines is 1.